The van der Waals surface area contributed by atoms with Crippen molar-refractivity contribution in [3.63, 3.8) is 0 Å². The number of fused-ring (bicyclic) bond motifs is 1. The van der Waals surface area contributed by atoms with Crippen LogP contribution >= 0.6 is 0 Å². The van der Waals surface area contributed by atoms with Gasteiger partial charge in [-0.15, -0.1) is 0 Å². The maximum Gasteiger partial charge on any atom is 0.190 e. The third-order valence-corrected chi connectivity index (χ3v) is 4.27. The number of hydrogen-bond donors (Lipinski definition) is 2. The Bertz CT molecular complexity index is 845. The Hall–Kier alpha value is -3.02. The third kappa shape index (κ3) is 6.02. The van der Waals surface area contributed by atoms with Crippen molar-refractivity contribution in [2.24, 2.45) is 4.99 Å². The monoisotopic (exact) mass is 365 g/mol. The van der Waals surface area contributed by atoms with E-state index in [4.69, 9.17) is 4.74 Å². The molecule has 3 aromatic rings. The molecule has 0 aliphatic rings. The van der Waals surface area contributed by atoms with E-state index in [0.717, 1.165) is 44.2 Å². The van der Waals surface area contributed by atoms with Crippen LogP contribution in [0.1, 0.15) is 12.8 Å². The van der Waals surface area contributed by atoms with E-state index in [0.29, 0.717) is 6.61 Å². The molecule has 0 atom stereocenters. The van der Waals surface area contributed by atoms with Crippen LogP contribution in [-0.4, -0.2) is 42.3 Å². The van der Waals surface area contributed by atoms with Crippen molar-refractivity contribution in [2.45, 2.75) is 19.4 Å². The number of nitrogens with one attached hydrogen (secondary N) is 2. The average molecular weight is 365 g/mol. The molecule has 27 heavy (non-hydrogen) atoms. The number of nitrogens with zero attached hydrogens (tertiary/aromatic N) is 3. The predicted octanol–water partition coefficient (Wildman–Crippen LogP) is 3.06. The summed E-state index contributed by atoms with van der Waals surface area (Å²) >= 11 is 0. The van der Waals surface area contributed by atoms with E-state index in [-0.39, 0.29) is 0 Å². The molecule has 0 bridgehead atoms. The van der Waals surface area contributed by atoms with Crippen LogP contribution in [0.15, 0.2) is 66.2 Å². The predicted molar refractivity (Wildman–Crippen MR) is 110 cm³/mol. The van der Waals surface area contributed by atoms with Gasteiger partial charge in [-0.3, -0.25) is 4.99 Å². The van der Waals surface area contributed by atoms with Gasteiger partial charge in [-0.25, -0.2) is 4.98 Å². The molecule has 0 amide bonds. The molecule has 0 radical (unpaired) electrons. The Kier molecular flexibility index (Phi) is 7.09. The largest absolute Gasteiger partial charge is 0.494 e. The van der Waals surface area contributed by atoms with E-state index in [2.05, 4.69) is 49.4 Å². The van der Waals surface area contributed by atoms with Crippen LogP contribution in [0.4, 0.5) is 0 Å². The smallest absolute Gasteiger partial charge is 0.190 e. The van der Waals surface area contributed by atoms with Crippen LogP contribution in [0.3, 0.4) is 0 Å². The van der Waals surface area contributed by atoms with Gasteiger partial charge in [0.05, 0.1) is 12.9 Å². The maximum absolute atomic E-state index is 5.86. The van der Waals surface area contributed by atoms with Crippen molar-refractivity contribution >= 4 is 16.7 Å². The van der Waals surface area contributed by atoms with Gasteiger partial charge < -0.3 is 19.9 Å². The molecule has 0 spiro atoms. The number of aliphatic imine (C=N–C) groups is 1. The van der Waals surface area contributed by atoms with Gasteiger partial charge in [-0.1, -0.05) is 30.3 Å². The summed E-state index contributed by atoms with van der Waals surface area (Å²) in [5.41, 5.74) is 0. The fourth-order valence-electron chi connectivity index (χ4n) is 2.83. The minimum Gasteiger partial charge on any atom is -0.494 e. The van der Waals surface area contributed by atoms with E-state index >= 15 is 0 Å². The van der Waals surface area contributed by atoms with Crippen LogP contribution in [0.5, 0.6) is 5.75 Å². The summed E-state index contributed by atoms with van der Waals surface area (Å²) < 4.78 is 7.93. The summed E-state index contributed by atoms with van der Waals surface area (Å²) in [6, 6.07) is 14.5. The zero-order valence-corrected chi connectivity index (χ0v) is 15.8. The number of rotatable bonds is 9. The molecule has 6 heteroatoms. The first-order valence-electron chi connectivity index (χ1n) is 9.37. The van der Waals surface area contributed by atoms with Crippen LogP contribution in [0, 0.1) is 0 Å². The number of guanidine groups is 1. The Balaban J connectivity index is 1.30. The minimum atomic E-state index is 0.670. The number of hydrogen-bond acceptors (Lipinski definition) is 3. The quantitative estimate of drug-likeness (QED) is 0.348. The Labute approximate surface area is 160 Å². The molecule has 0 aliphatic carbocycles. The minimum absolute atomic E-state index is 0.670. The van der Waals surface area contributed by atoms with Crippen molar-refractivity contribution in [3.8, 4) is 5.75 Å². The molecule has 2 aromatic carbocycles. The van der Waals surface area contributed by atoms with E-state index in [1.165, 1.54) is 10.8 Å². The first kappa shape index (κ1) is 18.8. The lowest BCUT2D eigenvalue weighted by Crippen LogP contribution is -2.38. The SMILES string of the molecule is CN=C(NCCCOc1ccc2ccccc2c1)NCCCn1ccnc1. The summed E-state index contributed by atoms with van der Waals surface area (Å²) in [4.78, 5) is 8.29. The lowest BCUT2D eigenvalue weighted by atomic mass is 10.1. The summed E-state index contributed by atoms with van der Waals surface area (Å²) in [5.74, 6) is 1.74. The Morgan fingerprint density at radius 1 is 1.07 bits per heavy atom. The van der Waals surface area contributed by atoms with Gasteiger partial charge in [0.2, 0.25) is 0 Å². The van der Waals surface area contributed by atoms with Crippen molar-refractivity contribution < 1.29 is 4.74 Å². The molecule has 0 aliphatic heterocycles. The summed E-state index contributed by atoms with van der Waals surface area (Å²) in [6.07, 6.45) is 7.53. The van der Waals surface area contributed by atoms with Gasteiger partial charge in [-0.2, -0.15) is 0 Å². The van der Waals surface area contributed by atoms with Gasteiger partial charge in [0, 0.05) is 39.1 Å². The molecule has 0 saturated heterocycles. The zero-order valence-electron chi connectivity index (χ0n) is 15.8. The highest BCUT2D eigenvalue weighted by molar-refractivity contribution is 5.83. The standard InChI is InChI=1S/C21H27N5O/c1-22-21(24-10-4-13-26-14-12-23-17-26)25-11-5-15-27-20-9-8-18-6-2-3-7-19(18)16-20/h2-3,6-9,12,14,16-17H,4-5,10-11,13,15H2,1H3,(H2,22,24,25). The lowest BCUT2D eigenvalue weighted by Gasteiger charge is -2.12. The second-order valence-corrected chi connectivity index (χ2v) is 6.29. The van der Waals surface area contributed by atoms with Crippen molar-refractivity contribution in [1.82, 2.24) is 20.2 Å². The molecular weight excluding hydrogens is 338 g/mol. The van der Waals surface area contributed by atoms with Gasteiger partial charge in [-0.05, 0) is 35.7 Å². The summed E-state index contributed by atoms with van der Waals surface area (Å²) in [6.45, 7) is 3.30. The maximum atomic E-state index is 5.86. The number of benzene rings is 2. The third-order valence-electron chi connectivity index (χ3n) is 4.27. The van der Waals surface area contributed by atoms with E-state index < -0.39 is 0 Å². The summed E-state index contributed by atoms with van der Waals surface area (Å²) in [5, 5.41) is 9.08. The molecule has 0 fully saturated rings. The van der Waals surface area contributed by atoms with E-state index in [9.17, 15) is 0 Å². The number of imidazole rings is 1. The molecule has 1 aromatic heterocycles. The van der Waals surface area contributed by atoms with Crippen LogP contribution in [0.2, 0.25) is 0 Å². The lowest BCUT2D eigenvalue weighted by molar-refractivity contribution is 0.311. The van der Waals surface area contributed by atoms with E-state index in [1.807, 2.05) is 30.7 Å². The molecule has 142 valence electrons. The zero-order chi connectivity index (χ0) is 18.7. The molecule has 0 saturated carbocycles. The van der Waals surface area contributed by atoms with Gasteiger partial charge >= 0.3 is 0 Å². The van der Waals surface area contributed by atoms with Crippen LogP contribution in [-0.2, 0) is 6.54 Å². The van der Waals surface area contributed by atoms with Crippen molar-refractivity contribution in [2.75, 3.05) is 26.7 Å². The highest BCUT2D eigenvalue weighted by Gasteiger charge is 1.99. The second-order valence-electron chi connectivity index (χ2n) is 6.29. The van der Waals surface area contributed by atoms with Crippen LogP contribution in [0.25, 0.3) is 10.8 Å². The number of aromatic nitrogens is 2. The highest BCUT2D eigenvalue weighted by Crippen LogP contribution is 2.20. The van der Waals surface area contributed by atoms with Gasteiger partial charge in [0.25, 0.3) is 0 Å². The van der Waals surface area contributed by atoms with Crippen LogP contribution < -0.4 is 15.4 Å². The number of ether oxygens (including phenoxy) is 1. The molecule has 3 rings (SSSR count). The number of aryl methyl sites for hydroxylation is 1. The first-order valence-corrected chi connectivity index (χ1v) is 9.37. The molecule has 0 unspecified atom stereocenters. The second kappa shape index (κ2) is 10.2. The fourth-order valence-corrected chi connectivity index (χ4v) is 2.83. The average Bonchev–Trinajstić information content (AvgIpc) is 3.22. The normalized spacial score (nSPS) is 11.5. The molecule has 2 N–H and O–H groups in total. The van der Waals surface area contributed by atoms with E-state index in [1.54, 1.807) is 13.2 Å². The molecule has 6 nitrogen and oxygen atoms in total. The van der Waals surface area contributed by atoms with Crippen molar-refractivity contribution in [3.05, 3.63) is 61.2 Å². The van der Waals surface area contributed by atoms with Crippen molar-refractivity contribution in [1.29, 1.82) is 0 Å². The molecular formula is C21H27N5O. The van der Waals surface area contributed by atoms with Gasteiger partial charge in [0.15, 0.2) is 5.96 Å². The Morgan fingerprint density at radius 2 is 1.89 bits per heavy atom. The molecule has 1 heterocycles. The highest BCUT2D eigenvalue weighted by atomic mass is 16.5. The summed E-state index contributed by atoms with van der Waals surface area (Å²) in [7, 11) is 1.79. The topological polar surface area (TPSA) is 63.5 Å². The fraction of sp³-hybridized carbons (Fsp3) is 0.333. The first-order chi connectivity index (χ1) is 13.3. The Morgan fingerprint density at radius 3 is 2.67 bits per heavy atom. The van der Waals surface area contributed by atoms with Gasteiger partial charge in [0.1, 0.15) is 5.75 Å².